The molecule has 0 amide bonds. The van der Waals surface area contributed by atoms with E-state index < -0.39 is 0 Å². The predicted octanol–water partition coefficient (Wildman–Crippen LogP) is 2.57. The number of aromatic nitrogens is 2. The number of thioether (sulfide) groups is 1. The fourth-order valence-electron chi connectivity index (χ4n) is 1.23. The largest absolute Gasteiger partial charge is 0.340 e. The second-order valence-electron chi connectivity index (χ2n) is 2.95. The molecule has 0 spiro atoms. The smallest absolute Gasteiger partial charge is 0.165 e. The summed E-state index contributed by atoms with van der Waals surface area (Å²) in [6, 6.07) is 9.80. The Balaban J connectivity index is 2.08. The van der Waals surface area contributed by atoms with Crippen molar-refractivity contribution in [1.82, 2.24) is 9.97 Å². The number of aromatic amines is 1. The van der Waals surface area contributed by atoms with Gasteiger partial charge in [-0.05, 0) is 11.6 Å². The number of benzene rings is 1. The Morgan fingerprint density at radius 2 is 2.27 bits per heavy atom. The number of nitrogens with one attached hydrogen (secondary N) is 1. The van der Waals surface area contributed by atoms with Crippen LogP contribution in [0.15, 0.2) is 41.8 Å². The highest BCUT2D eigenvalue weighted by atomic mass is 32.2. The molecule has 0 aliphatic heterocycles. The number of hydrogen-bond donors (Lipinski definition) is 1. The van der Waals surface area contributed by atoms with Crippen molar-refractivity contribution in [2.45, 2.75) is 10.9 Å². The second kappa shape index (κ2) is 4.67. The average Bonchev–Trinajstić information content (AvgIpc) is 2.79. The Bertz CT molecular complexity index is 471. The summed E-state index contributed by atoms with van der Waals surface area (Å²) in [6.07, 6.45) is 3.51. The minimum absolute atomic E-state index is 0.733. The van der Waals surface area contributed by atoms with Gasteiger partial charge in [0.2, 0.25) is 0 Å². The average molecular weight is 215 g/mol. The lowest BCUT2D eigenvalue weighted by atomic mass is 10.1. The van der Waals surface area contributed by atoms with Gasteiger partial charge in [0.1, 0.15) is 0 Å². The van der Waals surface area contributed by atoms with Crippen LogP contribution in [0.3, 0.4) is 0 Å². The Morgan fingerprint density at radius 3 is 3.00 bits per heavy atom. The van der Waals surface area contributed by atoms with E-state index in [4.69, 9.17) is 5.26 Å². The first-order valence-electron chi connectivity index (χ1n) is 4.50. The summed E-state index contributed by atoms with van der Waals surface area (Å²) in [5.74, 6) is 0.761. The van der Waals surface area contributed by atoms with Crippen molar-refractivity contribution in [3.8, 4) is 6.07 Å². The molecule has 2 rings (SSSR count). The zero-order chi connectivity index (χ0) is 10.5. The van der Waals surface area contributed by atoms with Crippen LogP contribution in [0.4, 0.5) is 0 Å². The molecule has 3 nitrogen and oxygen atoms in total. The van der Waals surface area contributed by atoms with Crippen molar-refractivity contribution < 1.29 is 0 Å². The highest BCUT2D eigenvalue weighted by Crippen LogP contribution is 2.20. The van der Waals surface area contributed by atoms with Gasteiger partial charge < -0.3 is 4.98 Å². The standard InChI is InChI=1S/C11H9N3S/c12-7-9-3-1-2-4-10(9)8-15-11-13-5-6-14-11/h1-6H,8H2,(H,13,14). The van der Waals surface area contributed by atoms with Gasteiger partial charge in [-0.1, -0.05) is 30.0 Å². The molecule has 1 aromatic heterocycles. The fourth-order valence-corrected chi connectivity index (χ4v) is 2.06. The first-order valence-corrected chi connectivity index (χ1v) is 5.49. The third-order valence-electron chi connectivity index (χ3n) is 1.98. The zero-order valence-corrected chi connectivity index (χ0v) is 8.79. The first kappa shape index (κ1) is 9.81. The van der Waals surface area contributed by atoms with Crippen molar-refractivity contribution in [1.29, 1.82) is 5.26 Å². The van der Waals surface area contributed by atoms with Crippen LogP contribution >= 0.6 is 11.8 Å². The van der Waals surface area contributed by atoms with Crippen LogP contribution in [0, 0.1) is 11.3 Å². The van der Waals surface area contributed by atoms with Gasteiger partial charge in [0, 0.05) is 18.1 Å². The van der Waals surface area contributed by atoms with E-state index in [-0.39, 0.29) is 0 Å². The van der Waals surface area contributed by atoms with Crippen LogP contribution < -0.4 is 0 Å². The molecule has 15 heavy (non-hydrogen) atoms. The molecule has 1 heterocycles. The van der Waals surface area contributed by atoms with Crippen molar-refractivity contribution >= 4 is 11.8 Å². The van der Waals surface area contributed by atoms with Gasteiger partial charge >= 0.3 is 0 Å². The Labute approximate surface area is 92.2 Å². The molecule has 0 bridgehead atoms. The fraction of sp³-hybridized carbons (Fsp3) is 0.0909. The van der Waals surface area contributed by atoms with E-state index >= 15 is 0 Å². The molecule has 0 atom stereocenters. The third-order valence-corrected chi connectivity index (χ3v) is 2.93. The van der Waals surface area contributed by atoms with Gasteiger partial charge in [-0.2, -0.15) is 5.26 Å². The van der Waals surface area contributed by atoms with Gasteiger partial charge in [0.25, 0.3) is 0 Å². The van der Waals surface area contributed by atoms with Gasteiger partial charge in [-0.3, -0.25) is 0 Å². The molecule has 74 valence electrons. The van der Waals surface area contributed by atoms with Crippen LogP contribution in [0.25, 0.3) is 0 Å². The molecule has 0 fully saturated rings. The Morgan fingerprint density at radius 1 is 1.40 bits per heavy atom. The number of hydrogen-bond acceptors (Lipinski definition) is 3. The topological polar surface area (TPSA) is 52.5 Å². The van der Waals surface area contributed by atoms with Gasteiger partial charge in [0.15, 0.2) is 5.16 Å². The van der Waals surface area contributed by atoms with E-state index in [9.17, 15) is 0 Å². The van der Waals surface area contributed by atoms with Crippen molar-refractivity contribution in [2.24, 2.45) is 0 Å². The van der Waals surface area contributed by atoms with E-state index in [1.807, 2.05) is 24.3 Å². The van der Waals surface area contributed by atoms with E-state index in [1.54, 1.807) is 24.2 Å². The second-order valence-corrected chi connectivity index (χ2v) is 3.92. The zero-order valence-electron chi connectivity index (χ0n) is 7.97. The molecule has 0 unspecified atom stereocenters. The van der Waals surface area contributed by atoms with Crippen LogP contribution in [0.1, 0.15) is 11.1 Å². The molecular formula is C11H9N3S. The summed E-state index contributed by atoms with van der Waals surface area (Å²) < 4.78 is 0. The molecule has 2 aromatic rings. The number of H-pyrrole nitrogens is 1. The first-order chi connectivity index (χ1) is 7.40. The van der Waals surface area contributed by atoms with Crippen LogP contribution in [-0.2, 0) is 5.75 Å². The molecule has 4 heteroatoms. The van der Waals surface area contributed by atoms with Crippen LogP contribution in [0.5, 0.6) is 0 Å². The molecule has 0 aliphatic carbocycles. The van der Waals surface area contributed by atoms with Crippen molar-refractivity contribution in [2.75, 3.05) is 0 Å². The van der Waals surface area contributed by atoms with Crippen molar-refractivity contribution in [3.63, 3.8) is 0 Å². The molecule has 0 aliphatic rings. The number of nitrogens with zero attached hydrogens (tertiary/aromatic N) is 2. The number of rotatable bonds is 3. The van der Waals surface area contributed by atoms with Gasteiger partial charge in [0.05, 0.1) is 11.6 Å². The molecule has 1 N–H and O–H groups in total. The predicted molar refractivity (Wildman–Crippen MR) is 59.3 cm³/mol. The summed E-state index contributed by atoms with van der Waals surface area (Å²) in [5.41, 5.74) is 1.78. The lowest BCUT2D eigenvalue weighted by Crippen LogP contribution is -1.87. The molecule has 0 saturated heterocycles. The molecule has 0 saturated carbocycles. The van der Waals surface area contributed by atoms with Gasteiger partial charge in [-0.25, -0.2) is 4.98 Å². The highest BCUT2D eigenvalue weighted by molar-refractivity contribution is 7.98. The summed E-state index contributed by atoms with van der Waals surface area (Å²) in [7, 11) is 0. The monoisotopic (exact) mass is 215 g/mol. The van der Waals surface area contributed by atoms with Crippen LogP contribution in [-0.4, -0.2) is 9.97 Å². The van der Waals surface area contributed by atoms with Gasteiger partial charge in [-0.15, -0.1) is 0 Å². The SMILES string of the molecule is N#Cc1ccccc1CSc1ncc[nH]1. The maximum Gasteiger partial charge on any atom is 0.165 e. The minimum Gasteiger partial charge on any atom is -0.340 e. The summed E-state index contributed by atoms with van der Waals surface area (Å²) >= 11 is 1.59. The maximum atomic E-state index is 8.89. The third kappa shape index (κ3) is 2.39. The van der Waals surface area contributed by atoms with E-state index in [2.05, 4.69) is 16.0 Å². The molecule has 1 aromatic carbocycles. The maximum absolute atomic E-state index is 8.89. The Kier molecular flexibility index (Phi) is 3.05. The number of imidazole rings is 1. The lowest BCUT2D eigenvalue weighted by molar-refractivity contribution is 1.06. The number of nitriles is 1. The molecule has 0 radical (unpaired) electrons. The minimum atomic E-state index is 0.733. The quantitative estimate of drug-likeness (QED) is 0.800. The normalized spacial score (nSPS) is 9.80. The van der Waals surface area contributed by atoms with E-state index in [0.29, 0.717) is 0 Å². The Hall–Kier alpha value is -1.73. The highest BCUT2D eigenvalue weighted by Gasteiger charge is 2.02. The van der Waals surface area contributed by atoms with Crippen LogP contribution in [0.2, 0.25) is 0 Å². The summed E-state index contributed by atoms with van der Waals surface area (Å²) in [5, 5.41) is 9.77. The lowest BCUT2D eigenvalue weighted by Gasteiger charge is -2.00. The van der Waals surface area contributed by atoms with Crippen molar-refractivity contribution in [3.05, 3.63) is 47.8 Å². The van der Waals surface area contributed by atoms with E-state index in [1.165, 1.54) is 0 Å². The summed E-state index contributed by atoms with van der Waals surface area (Å²) in [4.78, 5) is 7.13. The molecular weight excluding hydrogens is 206 g/mol. The van der Waals surface area contributed by atoms with E-state index in [0.717, 1.165) is 22.0 Å². The summed E-state index contributed by atoms with van der Waals surface area (Å²) in [6.45, 7) is 0.